The predicted molar refractivity (Wildman–Crippen MR) is 261 cm³/mol. The van der Waals surface area contributed by atoms with Gasteiger partial charge in [0, 0.05) is 19.3 Å². The van der Waals surface area contributed by atoms with E-state index in [-0.39, 0.29) is 31.1 Å². The van der Waals surface area contributed by atoms with Crippen LogP contribution in [0.15, 0.2) is 0 Å². The van der Waals surface area contributed by atoms with Crippen molar-refractivity contribution >= 4 is 17.9 Å². The fourth-order valence-electron chi connectivity index (χ4n) is 8.36. The Balaban J connectivity index is 4.04. The van der Waals surface area contributed by atoms with Gasteiger partial charge in [0.1, 0.15) is 13.2 Å². The first-order valence-corrected chi connectivity index (χ1v) is 27.4. The van der Waals surface area contributed by atoms with E-state index in [0.717, 1.165) is 70.1 Å². The molecule has 0 radical (unpaired) electrons. The Bertz CT molecular complexity index is 920. The standard InChI is InChI=1S/C55H106O6/c1-5-8-10-12-13-14-15-16-17-23-27-30-33-36-40-44-48-55(58)61-52(49-59-53(56)46-42-37-11-9-6-2)50-60-54(57)47-43-39-35-32-29-26-24-21-19-18-20-22-25-28-31-34-38-41-45-51(4)7-3/h51-52H,5-50H2,1-4H3/t51?,52-/m0/s1. The number of hydrogen-bond acceptors (Lipinski definition) is 6. The van der Waals surface area contributed by atoms with Crippen molar-refractivity contribution in [1.29, 1.82) is 0 Å². The van der Waals surface area contributed by atoms with Crippen LogP contribution in [-0.2, 0) is 28.6 Å². The summed E-state index contributed by atoms with van der Waals surface area (Å²) in [7, 11) is 0. The third kappa shape index (κ3) is 47.7. The van der Waals surface area contributed by atoms with Crippen LogP contribution in [0.5, 0.6) is 0 Å². The molecule has 2 atom stereocenters. The van der Waals surface area contributed by atoms with Crippen molar-refractivity contribution in [2.45, 2.75) is 316 Å². The van der Waals surface area contributed by atoms with Crippen LogP contribution in [0, 0.1) is 5.92 Å². The smallest absolute Gasteiger partial charge is 0.306 e. The molecule has 0 amide bonds. The molecule has 0 aromatic heterocycles. The molecule has 0 saturated heterocycles. The topological polar surface area (TPSA) is 78.9 Å². The second-order valence-electron chi connectivity index (χ2n) is 19.1. The third-order valence-corrected chi connectivity index (χ3v) is 12.9. The van der Waals surface area contributed by atoms with E-state index in [1.807, 2.05) is 0 Å². The summed E-state index contributed by atoms with van der Waals surface area (Å²) in [6.45, 7) is 9.01. The zero-order valence-corrected chi connectivity index (χ0v) is 41.6. The molecule has 0 rings (SSSR count). The summed E-state index contributed by atoms with van der Waals surface area (Å²) in [5.41, 5.74) is 0. The van der Waals surface area contributed by atoms with Gasteiger partial charge in [-0.05, 0) is 25.2 Å². The lowest BCUT2D eigenvalue weighted by atomic mass is 9.99. The molecule has 0 fully saturated rings. The number of carbonyl (C=O) groups excluding carboxylic acids is 3. The molecular formula is C55H106O6. The minimum absolute atomic E-state index is 0.0634. The molecule has 0 aliphatic carbocycles. The number of esters is 3. The van der Waals surface area contributed by atoms with Gasteiger partial charge in [0.25, 0.3) is 0 Å². The molecule has 0 aromatic carbocycles. The summed E-state index contributed by atoms with van der Waals surface area (Å²) in [5, 5.41) is 0. The zero-order chi connectivity index (χ0) is 44.5. The lowest BCUT2D eigenvalue weighted by Crippen LogP contribution is -2.30. The van der Waals surface area contributed by atoms with Gasteiger partial charge in [0.2, 0.25) is 0 Å². The lowest BCUT2D eigenvalue weighted by molar-refractivity contribution is -0.167. The van der Waals surface area contributed by atoms with Crippen molar-refractivity contribution in [3.63, 3.8) is 0 Å². The summed E-state index contributed by atoms with van der Waals surface area (Å²) in [4.78, 5) is 37.7. The van der Waals surface area contributed by atoms with Gasteiger partial charge in [-0.15, -0.1) is 0 Å². The first-order valence-electron chi connectivity index (χ1n) is 27.4. The Hall–Kier alpha value is -1.59. The molecule has 6 nitrogen and oxygen atoms in total. The molecule has 362 valence electrons. The third-order valence-electron chi connectivity index (χ3n) is 12.9. The highest BCUT2D eigenvalue weighted by Gasteiger charge is 2.19. The molecule has 0 heterocycles. The summed E-state index contributed by atoms with van der Waals surface area (Å²) >= 11 is 0. The van der Waals surface area contributed by atoms with Gasteiger partial charge in [-0.2, -0.15) is 0 Å². The molecule has 0 aliphatic heterocycles. The van der Waals surface area contributed by atoms with Gasteiger partial charge in [0.05, 0.1) is 0 Å². The van der Waals surface area contributed by atoms with Crippen molar-refractivity contribution in [1.82, 2.24) is 0 Å². The van der Waals surface area contributed by atoms with Crippen molar-refractivity contribution < 1.29 is 28.6 Å². The monoisotopic (exact) mass is 863 g/mol. The Labute approximate surface area is 380 Å². The van der Waals surface area contributed by atoms with Crippen molar-refractivity contribution in [2.24, 2.45) is 5.92 Å². The quantitative estimate of drug-likeness (QED) is 0.0344. The maximum atomic E-state index is 12.7. The fraction of sp³-hybridized carbons (Fsp3) is 0.945. The van der Waals surface area contributed by atoms with Gasteiger partial charge < -0.3 is 14.2 Å². The summed E-state index contributed by atoms with van der Waals surface area (Å²) in [6.07, 6.45) is 52.7. The van der Waals surface area contributed by atoms with Gasteiger partial charge in [-0.1, -0.05) is 272 Å². The maximum absolute atomic E-state index is 12.7. The number of unbranched alkanes of at least 4 members (excludes halogenated alkanes) is 36. The minimum atomic E-state index is -0.759. The Morgan fingerprint density at radius 3 is 0.852 bits per heavy atom. The average Bonchev–Trinajstić information content (AvgIpc) is 3.26. The predicted octanol–water partition coefficient (Wildman–Crippen LogP) is 17.8. The first-order chi connectivity index (χ1) is 29.9. The maximum Gasteiger partial charge on any atom is 0.306 e. The largest absolute Gasteiger partial charge is 0.462 e. The van der Waals surface area contributed by atoms with E-state index in [0.29, 0.717) is 19.3 Å². The molecule has 61 heavy (non-hydrogen) atoms. The van der Waals surface area contributed by atoms with E-state index < -0.39 is 6.10 Å². The normalized spacial score (nSPS) is 12.4. The number of ether oxygens (including phenoxy) is 3. The van der Waals surface area contributed by atoms with Crippen LogP contribution in [0.2, 0.25) is 0 Å². The zero-order valence-electron chi connectivity index (χ0n) is 41.6. The van der Waals surface area contributed by atoms with E-state index in [1.165, 1.54) is 199 Å². The van der Waals surface area contributed by atoms with Gasteiger partial charge >= 0.3 is 17.9 Å². The first kappa shape index (κ1) is 59.4. The van der Waals surface area contributed by atoms with Crippen LogP contribution in [0.25, 0.3) is 0 Å². The Kier molecular flexibility index (Phi) is 48.1. The fourth-order valence-corrected chi connectivity index (χ4v) is 8.36. The molecule has 1 unspecified atom stereocenters. The summed E-state index contributed by atoms with van der Waals surface area (Å²) in [5.74, 6) is 0.0542. The highest BCUT2D eigenvalue weighted by atomic mass is 16.6. The molecule has 0 spiro atoms. The van der Waals surface area contributed by atoms with Crippen LogP contribution >= 0.6 is 0 Å². The van der Waals surface area contributed by atoms with Crippen molar-refractivity contribution in [2.75, 3.05) is 13.2 Å². The number of hydrogen-bond donors (Lipinski definition) is 0. The minimum Gasteiger partial charge on any atom is -0.462 e. The van der Waals surface area contributed by atoms with Gasteiger partial charge in [-0.25, -0.2) is 0 Å². The second-order valence-corrected chi connectivity index (χ2v) is 19.1. The molecule has 0 saturated carbocycles. The van der Waals surface area contributed by atoms with Crippen LogP contribution in [-0.4, -0.2) is 37.2 Å². The number of carbonyl (C=O) groups is 3. The molecule has 0 bridgehead atoms. The van der Waals surface area contributed by atoms with E-state index in [1.54, 1.807) is 0 Å². The second kappa shape index (κ2) is 49.4. The van der Waals surface area contributed by atoms with E-state index >= 15 is 0 Å². The molecule has 6 heteroatoms. The van der Waals surface area contributed by atoms with Crippen LogP contribution in [0.3, 0.4) is 0 Å². The molecular weight excluding hydrogens is 757 g/mol. The van der Waals surface area contributed by atoms with E-state index in [4.69, 9.17) is 14.2 Å². The summed E-state index contributed by atoms with van der Waals surface area (Å²) < 4.78 is 16.7. The van der Waals surface area contributed by atoms with E-state index in [2.05, 4.69) is 27.7 Å². The highest BCUT2D eigenvalue weighted by Crippen LogP contribution is 2.18. The van der Waals surface area contributed by atoms with Crippen LogP contribution in [0.1, 0.15) is 310 Å². The lowest BCUT2D eigenvalue weighted by Gasteiger charge is -2.18. The summed E-state index contributed by atoms with van der Waals surface area (Å²) in [6, 6.07) is 0. The number of rotatable bonds is 50. The van der Waals surface area contributed by atoms with E-state index in [9.17, 15) is 14.4 Å². The van der Waals surface area contributed by atoms with Crippen molar-refractivity contribution in [3.8, 4) is 0 Å². The van der Waals surface area contributed by atoms with Gasteiger partial charge in [0.15, 0.2) is 6.10 Å². The molecule has 0 aromatic rings. The molecule has 0 aliphatic rings. The molecule has 0 N–H and O–H groups in total. The highest BCUT2D eigenvalue weighted by molar-refractivity contribution is 5.71. The van der Waals surface area contributed by atoms with Crippen molar-refractivity contribution in [3.05, 3.63) is 0 Å². The van der Waals surface area contributed by atoms with Gasteiger partial charge in [-0.3, -0.25) is 14.4 Å². The average molecular weight is 863 g/mol. The van der Waals surface area contributed by atoms with Crippen LogP contribution in [0.4, 0.5) is 0 Å². The Morgan fingerprint density at radius 1 is 0.328 bits per heavy atom. The SMILES string of the molecule is CCCCCCCCCCCCCCCCCCC(=O)O[C@@H](COC(=O)CCCCCCC)COC(=O)CCCCCCCCCCCCCCCCCCCCC(C)CC. The Morgan fingerprint density at radius 2 is 0.574 bits per heavy atom. The van der Waals surface area contributed by atoms with Crippen LogP contribution < -0.4 is 0 Å².